The molecule has 0 radical (unpaired) electrons. The summed E-state index contributed by atoms with van der Waals surface area (Å²) in [5, 5.41) is 14.3. The van der Waals surface area contributed by atoms with Crippen LogP contribution in [-0.2, 0) is 0 Å². The van der Waals surface area contributed by atoms with Crippen LogP contribution >= 0.6 is 22.9 Å². The number of hydrogen-bond acceptors (Lipinski definition) is 4. The summed E-state index contributed by atoms with van der Waals surface area (Å²) < 4.78 is 0. The van der Waals surface area contributed by atoms with Crippen molar-refractivity contribution in [3.63, 3.8) is 0 Å². The largest absolute Gasteiger partial charge is 0.306 e. The van der Waals surface area contributed by atoms with Crippen molar-refractivity contribution in [2.45, 2.75) is 6.92 Å². The number of thiophene rings is 1. The molecule has 24 heavy (non-hydrogen) atoms. The first kappa shape index (κ1) is 16.2. The molecular weight excluding hydrogens is 342 g/mol. The van der Waals surface area contributed by atoms with Gasteiger partial charge in [-0.25, -0.2) is 4.98 Å². The van der Waals surface area contributed by atoms with E-state index < -0.39 is 0 Å². The summed E-state index contributed by atoms with van der Waals surface area (Å²) in [6.07, 6.45) is 1.62. The number of nitrogens with zero attached hydrogens (tertiary/aromatic N) is 2. The van der Waals surface area contributed by atoms with Crippen molar-refractivity contribution in [3.8, 4) is 17.2 Å². The lowest BCUT2D eigenvalue weighted by molar-refractivity contribution is 0.103. The van der Waals surface area contributed by atoms with Crippen molar-refractivity contribution >= 4 is 34.7 Å². The Morgan fingerprint density at radius 2 is 2.17 bits per heavy atom. The zero-order valence-electron chi connectivity index (χ0n) is 12.7. The Balaban J connectivity index is 1.98. The first-order chi connectivity index (χ1) is 11.6. The Hall–Kier alpha value is -2.68. The van der Waals surface area contributed by atoms with Crippen LogP contribution in [-0.4, -0.2) is 10.9 Å². The molecule has 3 rings (SSSR count). The second kappa shape index (κ2) is 6.83. The molecule has 1 aromatic carbocycles. The van der Waals surface area contributed by atoms with Crippen LogP contribution in [0.3, 0.4) is 0 Å². The molecular formula is C18H12ClN3OS. The fourth-order valence-electron chi connectivity index (χ4n) is 2.36. The van der Waals surface area contributed by atoms with E-state index in [-0.39, 0.29) is 5.91 Å². The Morgan fingerprint density at radius 3 is 2.88 bits per heavy atom. The van der Waals surface area contributed by atoms with Crippen molar-refractivity contribution in [2.75, 3.05) is 5.32 Å². The van der Waals surface area contributed by atoms with Gasteiger partial charge in [-0.15, -0.1) is 11.3 Å². The molecule has 0 atom stereocenters. The predicted molar refractivity (Wildman–Crippen MR) is 96.4 cm³/mol. The molecule has 2 aromatic heterocycles. The number of amides is 1. The lowest BCUT2D eigenvalue weighted by Crippen LogP contribution is -2.12. The summed E-state index contributed by atoms with van der Waals surface area (Å²) in [5.74, 6) is 0.297. The molecule has 0 unspecified atom stereocenters. The zero-order chi connectivity index (χ0) is 17.1. The van der Waals surface area contributed by atoms with E-state index in [0.717, 1.165) is 16.7 Å². The summed E-state index contributed by atoms with van der Waals surface area (Å²) in [6.45, 7) is 1.87. The molecule has 118 valence electrons. The minimum Gasteiger partial charge on any atom is -0.306 e. The average Bonchev–Trinajstić information content (AvgIpc) is 3.10. The third kappa shape index (κ3) is 3.30. The number of benzene rings is 1. The van der Waals surface area contributed by atoms with Crippen LogP contribution in [0.2, 0.25) is 5.02 Å². The van der Waals surface area contributed by atoms with Gasteiger partial charge in [0, 0.05) is 11.2 Å². The van der Waals surface area contributed by atoms with E-state index in [1.807, 2.05) is 24.4 Å². The van der Waals surface area contributed by atoms with Gasteiger partial charge in [0.15, 0.2) is 0 Å². The van der Waals surface area contributed by atoms with Crippen LogP contribution in [0.1, 0.15) is 20.8 Å². The van der Waals surface area contributed by atoms with Gasteiger partial charge >= 0.3 is 0 Å². The van der Waals surface area contributed by atoms with Gasteiger partial charge in [-0.3, -0.25) is 4.79 Å². The van der Waals surface area contributed by atoms with Crippen molar-refractivity contribution in [3.05, 3.63) is 69.0 Å². The van der Waals surface area contributed by atoms with Crippen molar-refractivity contribution < 1.29 is 4.79 Å². The van der Waals surface area contributed by atoms with Crippen molar-refractivity contribution in [1.82, 2.24) is 4.98 Å². The number of anilines is 1. The monoisotopic (exact) mass is 353 g/mol. The minimum absolute atomic E-state index is 0.193. The molecule has 2 heterocycles. The molecule has 3 aromatic rings. The van der Waals surface area contributed by atoms with Gasteiger partial charge < -0.3 is 5.32 Å². The van der Waals surface area contributed by atoms with Crippen LogP contribution in [0, 0.1) is 18.3 Å². The van der Waals surface area contributed by atoms with Gasteiger partial charge in [-0.1, -0.05) is 17.7 Å². The zero-order valence-corrected chi connectivity index (χ0v) is 14.3. The van der Waals surface area contributed by atoms with E-state index in [9.17, 15) is 4.79 Å². The Labute approximate surface area is 148 Å². The molecule has 6 heteroatoms. The fourth-order valence-corrected chi connectivity index (χ4v) is 3.22. The predicted octanol–water partition coefficient (Wildman–Crippen LogP) is 4.90. The molecule has 1 amide bonds. The van der Waals surface area contributed by atoms with E-state index in [1.165, 1.54) is 11.3 Å². The lowest BCUT2D eigenvalue weighted by Gasteiger charge is -2.12. The third-order valence-electron chi connectivity index (χ3n) is 3.52. The van der Waals surface area contributed by atoms with Crippen molar-refractivity contribution in [1.29, 1.82) is 5.26 Å². The van der Waals surface area contributed by atoms with E-state index in [4.69, 9.17) is 16.9 Å². The smallest absolute Gasteiger partial charge is 0.266 e. The number of carbonyl (C=O) groups excluding carboxylic acids is 1. The number of nitriles is 1. The molecule has 0 aliphatic rings. The van der Waals surface area contributed by atoms with Crippen LogP contribution in [0.25, 0.3) is 11.1 Å². The highest BCUT2D eigenvalue weighted by Crippen LogP contribution is 2.30. The van der Waals surface area contributed by atoms with Gasteiger partial charge in [0.05, 0.1) is 16.5 Å². The van der Waals surface area contributed by atoms with Gasteiger partial charge in [-0.2, -0.15) is 5.26 Å². The summed E-state index contributed by atoms with van der Waals surface area (Å²) in [5.41, 5.74) is 2.97. The molecule has 0 aliphatic heterocycles. The number of aromatic nitrogens is 1. The summed E-state index contributed by atoms with van der Waals surface area (Å²) in [4.78, 5) is 17.1. The minimum atomic E-state index is -0.193. The normalized spacial score (nSPS) is 10.2. The number of halogens is 1. The average molecular weight is 354 g/mol. The maximum Gasteiger partial charge on any atom is 0.266 e. The van der Waals surface area contributed by atoms with Crippen molar-refractivity contribution in [2.24, 2.45) is 0 Å². The van der Waals surface area contributed by atoms with Gasteiger partial charge in [-0.05, 0) is 59.3 Å². The Morgan fingerprint density at radius 1 is 1.33 bits per heavy atom. The first-order valence-corrected chi connectivity index (χ1v) is 8.36. The fraction of sp³-hybridized carbons (Fsp3) is 0.0556. The molecule has 0 saturated carbocycles. The molecule has 0 saturated heterocycles. The summed E-state index contributed by atoms with van der Waals surface area (Å²) in [7, 11) is 0. The molecule has 1 N–H and O–H groups in total. The number of nitrogens with one attached hydrogen (secondary N) is 1. The number of hydrogen-bond donors (Lipinski definition) is 1. The van der Waals surface area contributed by atoms with E-state index in [2.05, 4.69) is 16.4 Å². The highest BCUT2D eigenvalue weighted by Gasteiger charge is 2.13. The number of rotatable bonds is 3. The standard InChI is InChI=1S/C18H12ClN3OS/c1-11-15(13-7-12(10-20)8-14(19)9-13)4-5-21-17(11)22-18(23)16-3-2-6-24-16/h2-9H,1H3,(H,21,22,23). The van der Waals surface area contributed by atoms with Crippen LogP contribution in [0.15, 0.2) is 48.0 Å². The Bertz CT molecular complexity index is 945. The van der Waals surface area contributed by atoms with E-state index >= 15 is 0 Å². The van der Waals surface area contributed by atoms with Gasteiger partial charge in [0.1, 0.15) is 5.82 Å². The van der Waals surface area contributed by atoms with Gasteiger partial charge in [0.2, 0.25) is 0 Å². The van der Waals surface area contributed by atoms with Crippen LogP contribution in [0.5, 0.6) is 0 Å². The molecule has 4 nitrogen and oxygen atoms in total. The summed E-state index contributed by atoms with van der Waals surface area (Å²) >= 11 is 7.46. The number of pyridine rings is 1. The molecule has 0 fully saturated rings. The molecule has 0 bridgehead atoms. The topological polar surface area (TPSA) is 65.8 Å². The van der Waals surface area contributed by atoms with Crippen LogP contribution < -0.4 is 5.32 Å². The molecule has 0 spiro atoms. The lowest BCUT2D eigenvalue weighted by atomic mass is 10.00. The SMILES string of the molecule is Cc1c(-c2cc(Cl)cc(C#N)c2)ccnc1NC(=O)c1cccs1. The first-order valence-electron chi connectivity index (χ1n) is 7.10. The second-order valence-electron chi connectivity index (χ2n) is 5.10. The molecule has 0 aliphatic carbocycles. The second-order valence-corrected chi connectivity index (χ2v) is 6.49. The maximum atomic E-state index is 12.2. The highest BCUT2D eigenvalue weighted by atomic mass is 35.5. The van der Waals surface area contributed by atoms with Gasteiger partial charge in [0.25, 0.3) is 5.91 Å². The summed E-state index contributed by atoms with van der Waals surface area (Å²) in [6, 6.07) is 12.7. The van der Waals surface area contributed by atoms with E-state index in [0.29, 0.717) is 21.3 Å². The van der Waals surface area contributed by atoms with Crippen LogP contribution in [0.4, 0.5) is 5.82 Å². The Kier molecular flexibility index (Phi) is 4.61. The van der Waals surface area contributed by atoms with E-state index in [1.54, 1.807) is 30.5 Å². The third-order valence-corrected chi connectivity index (χ3v) is 4.61. The quantitative estimate of drug-likeness (QED) is 0.728. The number of carbonyl (C=O) groups is 1. The maximum absolute atomic E-state index is 12.2. The highest BCUT2D eigenvalue weighted by molar-refractivity contribution is 7.12.